The molecule has 1 aromatic heterocycles. The molecule has 3 N–H and O–H groups in total. The van der Waals surface area contributed by atoms with Gasteiger partial charge < -0.3 is 15.4 Å². The Kier molecular flexibility index (Phi) is 4.73. The summed E-state index contributed by atoms with van der Waals surface area (Å²) >= 11 is 3.51. The highest BCUT2D eigenvalue weighted by atomic mass is 79.9. The quantitative estimate of drug-likeness (QED) is 0.767. The molecule has 0 spiro atoms. The average Bonchev–Trinajstić information content (AvgIpc) is 2.44. The van der Waals surface area contributed by atoms with E-state index in [-0.39, 0.29) is 12.4 Å². The number of nitrogens with zero attached hydrogens (tertiary/aromatic N) is 2. The lowest BCUT2D eigenvalue weighted by atomic mass is 10.2. The molecular formula is C12H18BrN5O. The average molecular weight is 328 g/mol. The Balaban J connectivity index is 2.16. The van der Waals surface area contributed by atoms with E-state index in [0.29, 0.717) is 6.54 Å². The highest BCUT2D eigenvalue weighted by molar-refractivity contribution is 9.10. The maximum atomic E-state index is 5.21. The van der Waals surface area contributed by atoms with Crippen LogP contribution in [0.3, 0.4) is 0 Å². The molecule has 0 aliphatic carbocycles. The molecule has 1 aliphatic heterocycles. The Morgan fingerprint density at radius 3 is 3.05 bits per heavy atom. The van der Waals surface area contributed by atoms with Gasteiger partial charge in [-0.1, -0.05) is 0 Å². The van der Waals surface area contributed by atoms with Crippen molar-refractivity contribution >= 4 is 33.8 Å². The van der Waals surface area contributed by atoms with Gasteiger partial charge in [-0.15, -0.1) is 0 Å². The van der Waals surface area contributed by atoms with Gasteiger partial charge in [-0.05, 0) is 36.0 Å². The van der Waals surface area contributed by atoms with Crippen LogP contribution in [0.5, 0.6) is 0 Å². The molecule has 0 radical (unpaired) electrons. The summed E-state index contributed by atoms with van der Waals surface area (Å²) in [6.07, 6.45) is 1.81. The van der Waals surface area contributed by atoms with Crippen LogP contribution in [0.4, 0.5) is 11.6 Å². The number of pyridine rings is 1. The minimum absolute atomic E-state index is 0.129. The molecule has 0 fully saturated rings. The molecular weight excluding hydrogens is 310 g/mol. The predicted molar refractivity (Wildman–Crippen MR) is 81.0 cm³/mol. The Morgan fingerprint density at radius 2 is 2.37 bits per heavy atom. The zero-order valence-corrected chi connectivity index (χ0v) is 12.8. The number of methoxy groups -OCH3 is 1. The normalized spacial score (nSPS) is 18.6. The summed E-state index contributed by atoms with van der Waals surface area (Å²) in [6.45, 7) is 2.70. The monoisotopic (exact) mass is 327 g/mol. The number of fused-ring (bicyclic) bond motifs is 1. The molecule has 2 rings (SSSR count). The molecule has 1 aromatic rings. The van der Waals surface area contributed by atoms with Crippen LogP contribution in [0.1, 0.15) is 12.5 Å². The molecule has 0 amide bonds. The fourth-order valence-electron chi connectivity index (χ4n) is 1.63. The second kappa shape index (κ2) is 6.31. The molecule has 0 bridgehead atoms. The molecule has 0 saturated carbocycles. The van der Waals surface area contributed by atoms with Crippen molar-refractivity contribution in [2.24, 2.45) is 4.99 Å². The van der Waals surface area contributed by atoms with E-state index in [4.69, 9.17) is 4.74 Å². The predicted octanol–water partition coefficient (Wildman–Crippen LogP) is 1.64. The van der Waals surface area contributed by atoms with E-state index in [2.05, 4.69) is 41.9 Å². The van der Waals surface area contributed by atoms with Crippen LogP contribution in [0.25, 0.3) is 0 Å². The number of nitrogens with one attached hydrogen (secondary N) is 3. The van der Waals surface area contributed by atoms with E-state index in [1.54, 1.807) is 7.11 Å². The Morgan fingerprint density at radius 1 is 1.58 bits per heavy atom. The maximum Gasteiger partial charge on any atom is 0.174 e. The van der Waals surface area contributed by atoms with Crippen molar-refractivity contribution in [2.75, 3.05) is 31.3 Å². The SMILES string of the molecule is CNC1N=Cc2cc(Br)c(NC[C@@H](C)OC)nc2N1. The smallest absolute Gasteiger partial charge is 0.174 e. The van der Waals surface area contributed by atoms with Crippen molar-refractivity contribution in [3.05, 3.63) is 16.1 Å². The number of ether oxygens (including phenoxy) is 1. The van der Waals surface area contributed by atoms with Crippen molar-refractivity contribution in [1.29, 1.82) is 0 Å². The summed E-state index contributed by atoms with van der Waals surface area (Å²) in [5.41, 5.74) is 0.962. The standard InChI is InChI=1S/C12H18BrN5O/c1-7(19-3)5-15-11-9(13)4-8-6-16-12(14-2)18-10(8)17-11/h4,6-7,12,14H,5H2,1-3H3,(H2,15,17,18)/t7-,12?/m1/s1. The molecule has 1 unspecified atom stereocenters. The summed E-state index contributed by atoms with van der Waals surface area (Å²) in [5, 5.41) is 9.50. The number of hydrogen-bond donors (Lipinski definition) is 3. The van der Waals surface area contributed by atoms with Crippen molar-refractivity contribution in [2.45, 2.75) is 19.3 Å². The molecule has 2 atom stereocenters. The van der Waals surface area contributed by atoms with Gasteiger partial charge >= 0.3 is 0 Å². The van der Waals surface area contributed by atoms with Crippen molar-refractivity contribution in [3.63, 3.8) is 0 Å². The third-order valence-electron chi connectivity index (χ3n) is 2.87. The number of rotatable bonds is 5. The summed E-state index contributed by atoms with van der Waals surface area (Å²) in [5.74, 6) is 1.60. The number of aromatic nitrogens is 1. The number of halogens is 1. The van der Waals surface area contributed by atoms with Gasteiger partial charge in [0, 0.05) is 25.4 Å². The minimum atomic E-state index is -0.132. The number of hydrogen-bond acceptors (Lipinski definition) is 6. The fraction of sp³-hybridized carbons (Fsp3) is 0.500. The third kappa shape index (κ3) is 3.43. The van der Waals surface area contributed by atoms with Gasteiger partial charge in [0.2, 0.25) is 0 Å². The van der Waals surface area contributed by atoms with Crippen molar-refractivity contribution in [1.82, 2.24) is 10.3 Å². The van der Waals surface area contributed by atoms with Crippen LogP contribution in [-0.2, 0) is 4.74 Å². The molecule has 0 aromatic carbocycles. The number of anilines is 2. The minimum Gasteiger partial charge on any atom is -0.380 e. The van der Waals surface area contributed by atoms with Gasteiger partial charge in [-0.2, -0.15) is 0 Å². The van der Waals surface area contributed by atoms with E-state index >= 15 is 0 Å². The summed E-state index contributed by atoms with van der Waals surface area (Å²) in [4.78, 5) is 8.86. The highest BCUT2D eigenvalue weighted by Gasteiger charge is 2.16. The van der Waals surface area contributed by atoms with E-state index in [9.17, 15) is 0 Å². The van der Waals surface area contributed by atoms with Gasteiger partial charge in [-0.3, -0.25) is 10.3 Å². The molecule has 6 nitrogen and oxygen atoms in total. The fourth-order valence-corrected chi connectivity index (χ4v) is 2.11. The zero-order valence-electron chi connectivity index (χ0n) is 11.2. The molecule has 7 heteroatoms. The van der Waals surface area contributed by atoms with Gasteiger partial charge in [-0.25, -0.2) is 4.98 Å². The van der Waals surface area contributed by atoms with Gasteiger partial charge in [0.05, 0.1) is 10.6 Å². The summed E-state index contributed by atoms with van der Waals surface area (Å²) in [7, 11) is 3.54. The second-order valence-electron chi connectivity index (χ2n) is 4.30. The second-order valence-corrected chi connectivity index (χ2v) is 5.15. The molecule has 104 valence electrons. The number of aliphatic imine (C=N–C) groups is 1. The van der Waals surface area contributed by atoms with Crippen molar-refractivity contribution in [3.8, 4) is 0 Å². The van der Waals surface area contributed by atoms with E-state index in [0.717, 1.165) is 21.7 Å². The lowest BCUT2D eigenvalue weighted by molar-refractivity contribution is 0.128. The molecule has 2 heterocycles. The molecule has 19 heavy (non-hydrogen) atoms. The first kappa shape index (κ1) is 14.2. The van der Waals surface area contributed by atoms with Crippen LogP contribution in [0.2, 0.25) is 0 Å². The van der Waals surface area contributed by atoms with E-state index in [1.165, 1.54) is 0 Å². The molecule has 0 saturated heterocycles. The first-order chi connectivity index (χ1) is 9.13. The topological polar surface area (TPSA) is 70.6 Å². The lowest BCUT2D eigenvalue weighted by Crippen LogP contribution is -2.34. The zero-order chi connectivity index (χ0) is 13.8. The van der Waals surface area contributed by atoms with Crippen LogP contribution >= 0.6 is 15.9 Å². The Labute approximate surface area is 121 Å². The maximum absolute atomic E-state index is 5.21. The lowest BCUT2D eigenvalue weighted by Gasteiger charge is -2.21. The van der Waals surface area contributed by atoms with E-state index < -0.39 is 0 Å². The first-order valence-electron chi connectivity index (χ1n) is 6.08. The van der Waals surface area contributed by atoms with Gasteiger partial charge in [0.1, 0.15) is 11.6 Å². The largest absolute Gasteiger partial charge is 0.380 e. The highest BCUT2D eigenvalue weighted by Crippen LogP contribution is 2.27. The van der Waals surface area contributed by atoms with Crippen molar-refractivity contribution < 1.29 is 4.74 Å². The summed E-state index contributed by atoms with van der Waals surface area (Å²) in [6, 6.07) is 1.99. The van der Waals surface area contributed by atoms with Gasteiger partial charge in [0.15, 0.2) is 6.29 Å². The Bertz CT molecular complexity index is 479. The molecule has 1 aliphatic rings. The van der Waals surface area contributed by atoms with E-state index in [1.807, 2.05) is 26.3 Å². The van der Waals surface area contributed by atoms with Gasteiger partial charge in [0.25, 0.3) is 0 Å². The van der Waals surface area contributed by atoms with Crippen LogP contribution in [-0.4, -0.2) is 44.3 Å². The third-order valence-corrected chi connectivity index (χ3v) is 3.48. The van der Waals surface area contributed by atoms with Crippen LogP contribution in [0.15, 0.2) is 15.5 Å². The first-order valence-corrected chi connectivity index (χ1v) is 6.87. The van der Waals surface area contributed by atoms with Crippen LogP contribution in [0, 0.1) is 0 Å². The Hall–Kier alpha value is -1.18. The summed E-state index contributed by atoms with van der Waals surface area (Å²) < 4.78 is 6.11. The van der Waals surface area contributed by atoms with Crippen LogP contribution < -0.4 is 16.0 Å².